The van der Waals surface area contributed by atoms with Crippen LogP contribution < -0.4 is 5.73 Å². The highest BCUT2D eigenvalue weighted by Gasteiger charge is 2.31. The zero-order chi connectivity index (χ0) is 20.4. The summed E-state index contributed by atoms with van der Waals surface area (Å²) >= 11 is 6.31. The van der Waals surface area contributed by atoms with Crippen LogP contribution in [0.5, 0.6) is 0 Å². The van der Waals surface area contributed by atoms with E-state index >= 15 is 0 Å². The van der Waals surface area contributed by atoms with E-state index in [-0.39, 0.29) is 23.6 Å². The Hall–Kier alpha value is -2.70. The van der Waals surface area contributed by atoms with Gasteiger partial charge in [0.2, 0.25) is 5.91 Å². The van der Waals surface area contributed by atoms with E-state index in [2.05, 4.69) is 6.58 Å². The van der Waals surface area contributed by atoms with Crippen molar-refractivity contribution in [2.24, 2.45) is 5.73 Å². The molecule has 2 aromatic rings. The summed E-state index contributed by atoms with van der Waals surface area (Å²) in [4.78, 5) is 25.5. The minimum atomic E-state index is -0.848. The van der Waals surface area contributed by atoms with Crippen molar-refractivity contribution < 1.29 is 18.7 Å². The molecule has 0 aliphatic carbocycles. The number of morpholine rings is 1. The second-order valence-corrected chi connectivity index (χ2v) is 7.12. The first-order valence-corrected chi connectivity index (χ1v) is 9.12. The number of carbonyl (C=O) groups excluding carboxylic acids is 2. The molecule has 0 unspecified atom stereocenters. The van der Waals surface area contributed by atoms with Gasteiger partial charge in [0, 0.05) is 11.6 Å². The second-order valence-electron chi connectivity index (χ2n) is 6.69. The van der Waals surface area contributed by atoms with Gasteiger partial charge in [-0.2, -0.15) is 0 Å². The highest BCUT2D eigenvalue weighted by Crippen LogP contribution is 2.33. The summed E-state index contributed by atoms with van der Waals surface area (Å²) in [6, 6.07) is 9.09. The lowest BCUT2D eigenvalue weighted by Crippen LogP contribution is -2.46. The highest BCUT2D eigenvalue weighted by atomic mass is 35.5. The van der Waals surface area contributed by atoms with Gasteiger partial charge in [-0.05, 0) is 60.0 Å². The molecule has 146 valence electrons. The molecule has 1 heterocycles. The molecular weight excluding hydrogens is 383 g/mol. The van der Waals surface area contributed by atoms with Crippen molar-refractivity contribution in [1.29, 1.82) is 0 Å². The fourth-order valence-electron chi connectivity index (χ4n) is 3.30. The second kappa shape index (κ2) is 8.12. The Bertz CT molecular complexity index is 947. The fourth-order valence-corrected chi connectivity index (χ4v) is 3.55. The Morgan fingerprint density at radius 3 is 2.71 bits per heavy atom. The van der Waals surface area contributed by atoms with Gasteiger partial charge in [0.15, 0.2) is 0 Å². The summed E-state index contributed by atoms with van der Waals surface area (Å²) in [5.74, 6) is -1.73. The minimum absolute atomic E-state index is 0.0889. The minimum Gasteiger partial charge on any atom is -0.374 e. The number of primary amides is 1. The van der Waals surface area contributed by atoms with Crippen LogP contribution in [0.15, 0.2) is 49.1 Å². The van der Waals surface area contributed by atoms with Crippen LogP contribution >= 0.6 is 11.6 Å². The smallest absolute Gasteiger partial charge is 0.251 e. The maximum atomic E-state index is 13.8. The summed E-state index contributed by atoms with van der Waals surface area (Å²) in [6.07, 6.45) is 1.18. The zero-order valence-corrected chi connectivity index (χ0v) is 16.1. The van der Waals surface area contributed by atoms with Crippen LogP contribution in [0.4, 0.5) is 4.39 Å². The van der Waals surface area contributed by atoms with Crippen LogP contribution in [0.2, 0.25) is 5.02 Å². The van der Waals surface area contributed by atoms with Crippen LogP contribution in [0, 0.1) is 5.82 Å². The van der Waals surface area contributed by atoms with Gasteiger partial charge < -0.3 is 15.4 Å². The fraction of sp³-hybridized carbons (Fsp3) is 0.238. The molecule has 28 heavy (non-hydrogen) atoms. The van der Waals surface area contributed by atoms with Gasteiger partial charge in [-0.1, -0.05) is 24.2 Å². The van der Waals surface area contributed by atoms with Crippen molar-refractivity contribution in [1.82, 2.24) is 4.90 Å². The first-order valence-electron chi connectivity index (χ1n) is 8.75. The van der Waals surface area contributed by atoms with E-state index in [0.717, 1.165) is 5.56 Å². The highest BCUT2D eigenvalue weighted by molar-refractivity contribution is 6.31. The summed E-state index contributed by atoms with van der Waals surface area (Å²) in [5, 5.41) is 0.446. The van der Waals surface area contributed by atoms with Crippen molar-refractivity contribution in [3.8, 4) is 11.1 Å². The van der Waals surface area contributed by atoms with Crippen LogP contribution in [0.1, 0.15) is 28.9 Å². The normalized spacial score (nSPS) is 19.3. The molecule has 1 aliphatic rings. The van der Waals surface area contributed by atoms with E-state index in [9.17, 15) is 14.0 Å². The van der Waals surface area contributed by atoms with E-state index < -0.39 is 11.7 Å². The predicted molar refractivity (Wildman–Crippen MR) is 105 cm³/mol. The molecule has 0 saturated carbocycles. The SMILES string of the molecule is C=CC(=O)N1C[C@@H](C)OC[C@H]1c1cc(Cl)cc(-c2ccc(F)c(C(N)=O)c2)c1. The van der Waals surface area contributed by atoms with Crippen molar-refractivity contribution in [2.75, 3.05) is 13.2 Å². The van der Waals surface area contributed by atoms with Gasteiger partial charge in [-0.25, -0.2) is 4.39 Å². The number of amides is 2. The molecule has 0 spiro atoms. The molecule has 1 fully saturated rings. The molecule has 5 nitrogen and oxygen atoms in total. The van der Waals surface area contributed by atoms with E-state index in [4.69, 9.17) is 22.1 Å². The third kappa shape index (κ3) is 4.08. The number of hydrogen-bond acceptors (Lipinski definition) is 3. The van der Waals surface area contributed by atoms with Gasteiger partial charge >= 0.3 is 0 Å². The van der Waals surface area contributed by atoms with Crippen molar-refractivity contribution >= 4 is 23.4 Å². The molecule has 2 N–H and O–H groups in total. The van der Waals surface area contributed by atoms with Gasteiger partial charge in [-0.3, -0.25) is 9.59 Å². The Kier molecular flexibility index (Phi) is 5.82. The molecule has 2 amide bonds. The number of carbonyl (C=O) groups is 2. The number of halogens is 2. The van der Waals surface area contributed by atoms with Crippen molar-refractivity contribution in [2.45, 2.75) is 19.1 Å². The number of nitrogens with zero attached hydrogens (tertiary/aromatic N) is 1. The number of rotatable bonds is 4. The molecule has 2 atom stereocenters. The monoisotopic (exact) mass is 402 g/mol. The third-order valence-corrected chi connectivity index (χ3v) is 4.91. The number of hydrogen-bond donors (Lipinski definition) is 1. The van der Waals surface area contributed by atoms with E-state index in [0.29, 0.717) is 29.3 Å². The lowest BCUT2D eigenvalue weighted by molar-refractivity contribution is -0.139. The topological polar surface area (TPSA) is 72.6 Å². The molecule has 3 rings (SSSR count). The first kappa shape index (κ1) is 20.0. The van der Waals surface area contributed by atoms with E-state index in [1.165, 1.54) is 18.2 Å². The van der Waals surface area contributed by atoms with Gasteiger partial charge in [0.1, 0.15) is 5.82 Å². The summed E-state index contributed by atoms with van der Waals surface area (Å²) in [7, 11) is 0. The Morgan fingerprint density at radius 2 is 2.04 bits per heavy atom. The molecular formula is C21H20ClFN2O3. The Morgan fingerprint density at radius 1 is 1.29 bits per heavy atom. The molecule has 0 bridgehead atoms. The molecule has 0 aromatic heterocycles. The lowest BCUT2D eigenvalue weighted by Gasteiger charge is -2.38. The van der Waals surface area contributed by atoms with Crippen LogP contribution in [0.25, 0.3) is 11.1 Å². The molecule has 7 heteroatoms. The molecule has 1 saturated heterocycles. The van der Waals surface area contributed by atoms with Crippen LogP contribution in [0.3, 0.4) is 0 Å². The number of benzene rings is 2. The van der Waals surface area contributed by atoms with Gasteiger partial charge in [-0.15, -0.1) is 0 Å². The molecule has 2 aromatic carbocycles. The first-order chi connectivity index (χ1) is 13.3. The number of ether oxygens (including phenoxy) is 1. The van der Waals surface area contributed by atoms with Crippen LogP contribution in [-0.4, -0.2) is 36.0 Å². The molecule has 1 aliphatic heterocycles. The maximum absolute atomic E-state index is 13.8. The quantitative estimate of drug-likeness (QED) is 0.792. The van der Waals surface area contributed by atoms with Gasteiger partial charge in [0.25, 0.3) is 5.91 Å². The largest absolute Gasteiger partial charge is 0.374 e. The summed E-state index contributed by atoms with van der Waals surface area (Å²) in [5.41, 5.74) is 7.08. The van der Waals surface area contributed by atoms with E-state index in [1.54, 1.807) is 23.1 Å². The Labute approximate surface area is 167 Å². The summed E-state index contributed by atoms with van der Waals surface area (Å²) in [6.45, 7) is 6.21. The zero-order valence-electron chi connectivity index (χ0n) is 15.3. The number of nitrogens with two attached hydrogens (primary N) is 1. The maximum Gasteiger partial charge on any atom is 0.251 e. The molecule has 0 radical (unpaired) electrons. The lowest BCUT2D eigenvalue weighted by atomic mass is 9.96. The van der Waals surface area contributed by atoms with E-state index in [1.807, 2.05) is 13.0 Å². The van der Waals surface area contributed by atoms with Crippen LogP contribution in [-0.2, 0) is 9.53 Å². The van der Waals surface area contributed by atoms with Gasteiger partial charge in [0.05, 0.1) is 24.3 Å². The average Bonchev–Trinajstić information content (AvgIpc) is 2.66. The standard InChI is InChI=1S/C21H20ClFN2O3/c1-3-20(26)25-10-12(2)28-11-19(25)15-6-14(7-16(22)8-15)13-4-5-18(23)17(9-13)21(24)27/h3-9,12,19H,1,10-11H2,2H3,(H2,24,27)/t12-,19+/m1/s1. The van der Waals surface area contributed by atoms with Crippen molar-refractivity contribution in [3.63, 3.8) is 0 Å². The average molecular weight is 403 g/mol. The predicted octanol–water partition coefficient (Wildman–Crippen LogP) is 3.72. The van der Waals surface area contributed by atoms with Crippen molar-refractivity contribution in [3.05, 3.63) is 71.0 Å². The Balaban J connectivity index is 2.04. The third-order valence-electron chi connectivity index (χ3n) is 4.70. The summed E-state index contributed by atoms with van der Waals surface area (Å²) < 4.78 is 19.5.